The molecule has 3 aromatic carbocycles. The van der Waals surface area contributed by atoms with Gasteiger partial charge in [-0.3, -0.25) is 9.69 Å². The molecule has 230 valence electrons. The van der Waals surface area contributed by atoms with E-state index < -0.39 is 21.0 Å². The molecule has 2 heterocycles. The quantitative estimate of drug-likeness (QED) is 0.338. The van der Waals surface area contributed by atoms with Crippen LogP contribution in [0.15, 0.2) is 83.8 Å². The molecule has 43 heavy (non-hydrogen) atoms. The number of likely N-dealkylation sites (tertiary alicyclic amines) is 2. The van der Waals surface area contributed by atoms with E-state index in [2.05, 4.69) is 16.8 Å². The lowest BCUT2D eigenvalue weighted by molar-refractivity contribution is -0.0126. The number of carbonyl (C=O) groups is 1. The summed E-state index contributed by atoms with van der Waals surface area (Å²) in [5.41, 5.74) is -0.0173. The minimum absolute atomic E-state index is 0.0129. The van der Waals surface area contributed by atoms with E-state index in [0.717, 1.165) is 24.9 Å². The molecule has 2 fully saturated rings. The zero-order chi connectivity index (χ0) is 30.7. The van der Waals surface area contributed by atoms with Gasteiger partial charge < -0.3 is 14.9 Å². The Bertz CT molecular complexity index is 1520. The minimum atomic E-state index is -3.58. The summed E-state index contributed by atoms with van der Waals surface area (Å²) in [6.45, 7) is 3.87. The third-order valence-corrected chi connectivity index (χ3v) is 11.7. The van der Waals surface area contributed by atoms with E-state index in [1.807, 2.05) is 53.4 Å². The highest BCUT2D eigenvalue weighted by Crippen LogP contribution is 2.39. The molecule has 0 aromatic heterocycles. The molecule has 2 saturated heterocycles. The maximum atomic E-state index is 13.5. The molecule has 1 unspecified atom stereocenters. The number of likely N-dealkylation sites (N-methyl/N-ethyl adjacent to an activating group) is 1. The first-order chi connectivity index (χ1) is 20.5. The summed E-state index contributed by atoms with van der Waals surface area (Å²) in [6.07, 6.45) is 2.48. The number of hydrogen-bond donors (Lipinski definition) is 1. The first-order valence-electron chi connectivity index (χ1n) is 14.8. The number of amides is 1. The molecule has 3 aromatic rings. The Morgan fingerprint density at radius 1 is 0.907 bits per heavy atom. The summed E-state index contributed by atoms with van der Waals surface area (Å²) >= 11 is 12.8. The van der Waals surface area contributed by atoms with Crippen LogP contribution in [0.25, 0.3) is 0 Å². The number of carbonyl (C=O) groups excluding carboxylic acids is 1. The molecular weight excluding hydrogens is 605 g/mol. The number of rotatable bonds is 9. The van der Waals surface area contributed by atoms with Gasteiger partial charge in [-0.15, -0.1) is 0 Å². The van der Waals surface area contributed by atoms with Gasteiger partial charge in [-0.25, -0.2) is 8.42 Å². The number of piperidine rings is 2. The zero-order valence-corrected chi connectivity index (χ0v) is 26.8. The highest BCUT2D eigenvalue weighted by Gasteiger charge is 2.43. The molecule has 2 aliphatic rings. The van der Waals surface area contributed by atoms with Crippen LogP contribution in [-0.4, -0.2) is 91.8 Å². The lowest BCUT2D eigenvalue weighted by atomic mass is 9.80. The zero-order valence-electron chi connectivity index (χ0n) is 24.5. The molecule has 5 rings (SSSR count). The van der Waals surface area contributed by atoms with Gasteiger partial charge in [-0.05, 0) is 74.7 Å². The molecule has 0 radical (unpaired) electrons. The Morgan fingerprint density at radius 3 is 2.21 bits per heavy atom. The van der Waals surface area contributed by atoms with Crippen LogP contribution in [-0.2, 0) is 15.4 Å². The molecule has 1 N–H and O–H groups in total. The first kappa shape index (κ1) is 31.9. The van der Waals surface area contributed by atoms with Crippen molar-refractivity contribution in [3.05, 3.63) is 100 Å². The highest BCUT2D eigenvalue weighted by molar-refractivity contribution is 7.91. The van der Waals surface area contributed by atoms with Crippen molar-refractivity contribution in [2.45, 2.75) is 41.7 Å². The number of benzene rings is 3. The number of hydrogen-bond acceptors (Lipinski definition) is 6. The Balaban J connectivity index is 1.27. The minimum Gasteiger partial charge on any atom is -0.389 e. The van der Waals surface area contributed by atoms with Crippen LogP contribution < -0.4 is 0 Å². The number of nitrogens with zero attached hydrogens (tertiary/aromatic N) is 3. The van der Waals surface area contributed by atoms with E-state index in [9.17, 15) is 18.3 Å². The van der Waals surface area contributed by atoms with Crippen LogP contribution >= 0.6 is 23.2 Å². The number of halogens is 2. The van der Waals surface area contributed by atoms with Gasteiger partial charge in [0.2, 0.25) is 0 Å². The smallest absolute Gasteiger partial charge is 0.253 e. The van der Waals surface area contributed by atoms with E-state index in [0.29, 0.717) is 61.2 Å². The fourth-order valence-electron chi connectivity index (χ4n) is 6.43. The monoisotopic (exact) mass is 643 g/mol. The average Bonchev–Trinajstić information content (AvgIpc) is 3.02. The Morgan fingerprint density at radius 2 is 1.56 bits per heavy atom. The Labute approximate surface area is 264 Å². The van der Waals surface area contributed by atoms with Crippen LogP contribution in [0.5, 0.6) is 0 Å². The van der Waals surface area contributed by atoms with Crippen LogP contribution in [0.1, 0.15) is 41.6 Å². The van der Waals surface area contributed by atoms with Crippen LogP contribution in [0.2, 0.25) is 10.0 Å². The molecule has 10 heteroatoms. The van der Waals surface area contributed by atoms with Crippen molar-refractivity contribution in [1.82, 2.24) is 14.7 Å². The van der Waals surface area contributed by atoms with Crippen LogP contribution in [0, 0.1) is 0 Å². The predicted octanol–water partition coefficient (Wildman–Crippen LogP) is 5.36. The topological polar surface area (TPSA) is 81.2 Å². The summed E-state index contributed by atoms with van der Waals surface area (Å²) < 4.78 is 25.9. The third-order valence-electron chi connectivity index (χ3n) is 9.07. The number of aliphatic hydroxyl groups is 1. The maximum absolute atomic E-state index is 13.5. The van der Waals surface area contributed by atoms with Crippen molar-refractivity contribution < 1.29 is 18.3 Å². The summed E-state index contributed by atoms with van der Waals surface area (Å²) in [7, 11) is -1.49. The lowest BCUT2D eigenvalue weighted by Gasteiger charge is -2.49. The van der Waals surface area contributed by atoms with Gasteiger partial charge in [-0.2, -0.15) is 0 Å². The first-order valence-corrected chi connectivity index (χ1v) is 17.2. The summed E-state index contributed by atoms with van der Waals surface area (Å²) in [6, 6.07) is 23.5. The lowest BCUT2D eigenvalue weighted by Crippen LogP contribution is -2.58. The van der Waals surface area contributed by atoms with E-state index in [4.69, 9.17) is 23.2 Å². The standard InChI is InChI=1S/C33H39Cl2N3O4S/c1-36(21-22-37-19-16-32(40,17-20-37)25-43(41,42)28-11-6-3-7-12-28)33(27-13-14-29(34)30(35)23-27)15-8-18-38(24-33)31(39)26-9-4-2-5-10-26/h2-7,9-14,23,40H,8,15-22,24-25H2,1H3. The van der Waals surface area contributed by atoms with Crippen LogP contribution in [0.4, 0.5) is 0 Å². The van der Waals surface area contributed by atoms with Crippen molar-refractivity contribution in [3.63, 3.8) is 0 Å². The van der Waals surface area contributed by atoms with Crippen LogP contribution in [0.3, 0.4) is 0 Å². The van der Waals surface area contributed by atoms with E-state index >= 15 is 0 Å². The van der Waals surface area contributed by atoms with Gasteiger partial charge in [0.05, 0.1) is 31.8 Å². The molecule has 2 aliphatic heterocycles. The second kappa shape index (κ2) is 13.3. The normalized spacial score (nSPS) is 21.2. The van der Waals surface area contributed by atoms with Gasteiger partial charge >= 0.3 is 0 Å². The summed E-state index contributed by atoms with van der Waals surface area (Å²) in [5.74, 6) is -0.261. The van der Waals surface area contributed by atoms with E-state index in [1.54, 1.807) is 30.3 Å². The molecular formula is C33H39Cl2N3O4S. The van der Waals surface area contributed by atoms with Crippen molar-refractivity contribution in [3.8, 4) is 0 Å². The fraction of sp³-hybridized carbons (Fsp3) is 0.424. The average molecular weight is 645 g/mol. The molecule has 0 spiro atoms. The molecule has 1 amide bonds. The predicted molar refractivity (Wildman–Crippen MR) is 171 cm³/mol. The van der Waals surface area contributed by atoms with Crippen molar-refractivity contribution in [2.75, 3.05) is 52.1 Å². The van der Waals surface area contributed by atoms with Gasteiger partial charge in [0.25, 0.3) is 5.91 Å². The SMILES string of the molecule is CN(CCN1CCC(O)(CS(=O)(=O)c2ccccc2)CC1)C1(c2ccc(Cl)c(Cl)c2)CCCN(C(=O)c2ccccc2)C1. The molecule has 0 saturated carbocycles. The van der Waals surface area contributed by atoms with E-state index in [1.165, 1.54) is 0 Å². The second-order valence-electron chi connectivity index (χ2n) is 11.9. The highest BCUT2D eigenvalue weighted by atomic mass is 35.5. The maximum Gasteiger partial charge on any atom is 0.253 e. The fourth-order valence-corrected chi connectivity index (χ4v) is 8.47. The Kier molecular flexibility index (Phi) is 9.86. The van der Waals surface area contributed by atoms with Crippen molar-refractivity contribution >= 4 is 38.9 Å². The van der Waals surface area contributed by atoms with Crippen molar-refractivity contribution in [1.29, 1.82) is 0 Å². The largest absolute Gasteiger partial charge is 0.389 e. The summed E-state index contributed by atoms with van der Waals surface area (Å²) in [5, 5.41) is 12.2. The van der Waals surface area contributed by atoms with E-state index in [-0.39, 0.29) is 16.6 Å². The molecule has 7 nitrogen and oxygen atoms in total. The Hall–Kier alpha value is -2.46. The molecule has 0 aliphatic carbocycles. The van der Waals surface area contributed by atoms with Gasteiger partial charge in [0.15, 0.2) is 9.84 Å². The summed E-state index contributed by atoms with van der Waals surface area (Å²) in [4.78, 5) is 20.3. The van der Waals surface area contributed by atoms with Gasteiger partial charge in [0, 0.05) is 44.8 Å². The van der Waals surface area contributed by atoms with Crippen molar-refractivity contribution in [2.24, 2.45) is 0 Å². The number of sulfone groups is 1. The van der Waals surface area contributed by atoms with Gasteiger partial charge in [0.1, 0.15) is 0 Å². The third kappa shape index (κ3) is 7.27. The molecule has 1 atom stereocenters. The molecule has 0 bridgehead atoms. The van der Waals surface area contributed by atoms with Gasteiger partial charge in [-0.1, -0.05) is 65.7 Å². The second-order valence-corrected chi connectivity index (χ2v) is 14.7.